The van der Waals surface area contributed by atoms with Gasteiger partial charge in [-0.25, -0.2) is 4.79 Å². The van der Waals surface area contributed by atoms with Crippen LogP contribution in [0, 0.1) is 11.8 Å². The number of halogens is 1. The van der Waals surface area contributed by atoms with Gasteiger partial charge in [0.1, 0.15) is 5.60 Å². The Balaban J connectivity index is 0.00000625. The van der Waals surface area contributed by atoms with E-state index >= 15 is 0 Å². The summed E-state index contributed by atoms with van der Waals surface area (Å²) in [4.78, 5) is 20.3. The highest BCUT2D eigenvalue weighted by molar-refractivity contribution is 14.0. The molecule has 1 fully saturated rings. The van der Waals surface area contributed by atoms with Crippen molar-refractivity contribution in [2.24, 2.45) is 16.8 Å². The van der Waals surface area contributed by atoms with E-state index in [1.165, 1.54) is 0 Å². The predicted octanol–water partition coefficient (Wildman–Crippen LogP) is 2.65. The third-order valence-corrected chi connectivity index (χ3v) is 4.10. The van der Waals surface area contributed by atoms with Gasteiger partial charge in [-0.15, -0.1) is 24.0 Å². The Labute approximate surface area is 175 Å². The maximum atomic E-state index is 12.0. The second kappa shape index (κ2) is 11.8. The lowest BCUT2D eigenvalue weighted by Crippen LogP contribution is -2.44. The van der Waals surface area contributed by atoms with E-state index in [0.29, 0.717) is 12.5 Å². The molecule has 0 spiro atoms. The van der Waals surface area contributed by atoms with Crippen LogP contribution in [-0.4, -0.2) is 81.4 Å². The molecular formula is C18H37IN4O3. The SMILES string of the molecule is CN=C(NCC(C)CN(C)C(=O)OC(C)(C)C)N1CCC(COC)C1.I. The van der Waals surface area contributed by atoms with Gasteiger partial charge >= 0.3 is 6.09 Å². The van der Waals surface area contributed by atoms with Crippen LogP contribution in [0.2, 0.25) is 0 Å². The molecule has 1 heterocycles. The first-order valence-corrected chi connectivity index (χ1v) is 9.05. The summed E-state index contributed by atoms with van der Waals surface area (Å²) in [6.45, 7) is 11.9. The average Bonchev–Trinajstić information content (AvgIpc) is 2.95. The van der Waals surface area contributed by atoms with Crippen LogP contribution < -0.4 is 5.32 Å². The summed E-state index contributed by atoms with van der Waals surface area (Å²) in [5.41, 5.74) is -0.469. The van der Waals surface area contributed by atoms with Crippen molar-refractivity contribution in [1.29, 1.82) is 0 Å². The molecular weight excluding hydrogens is 447 g/mol. The first kappa shape index (κ1) is 25.2. The maximum Gasteiger partial charge on any atom is 0.410 e. The van der Waals surface area contributed by atoms with Crippen LogP contribution in [0.1, 0.15) is 34.1 Å². The predicted molar refractivity (Wildman–Crippen MR) is 116 cm³/mol. The Morgan fingerprint density at radius 3 is 2.62 bits per heavy atom. The number of aliphatic imine (C=N–C) groups is 1. The van der Waals surface area contributed by atoms with Gasteiger partial charge in [0.2, 0.25) is 0 Å². The molecule has 0 bridgehead atoms. The molecule has 1 aliphatic rings. The minimum atomic E-state index is -0.469. The van der Waals surface area contributed by atoms with Crippen LogP contribution in [0.5, 0.6) is 0 Å². The van der Waals surface area contributed by atoms with E-state index in [-0.39, 0.29) is 36.0 Å². The molecule has 1 saturated heterocycles. The maximum absolute atomic E-state index is 12.0. The summed E-state index contributed by atoms with van der Waals surface area (Å²) >= 11 is 0. The van der Waals surface area contributed by atoms with Gasteiger partial charge in [0.15, 0.2) is 5.96 Å². The first-order chi connectivity index (χ1) is 11.7. The van der Waals surface area contributed by atoms with E-state index < -0.39 is 5.60 Å². The van der Waals surface area contributed by atoms with Gasteiger partial charge in [0.25, 0.3) is 0 Å². The normalized spacial score (nSPS) is 19.0. The van der Waals surface area contributed by atoms with E-state index in [2.05, 4.69) is 22.1 Å². The monoisotopic (exact) mass is 484 g/mol. The number of amides is 1. The lowest BCUT2D eigenvalue weighted by atomic mass is 10.1. The number of carbonyl (C=O) groups excluding carboxylic acids is 1. The number of hydrogen-bond donors (Lipinski definition) is 1. The molecule has 1 amide bonds. The quantitative estimate of drug-likeness (QED) is 0.357. The Hall–Kier alpha value is -0.770. The first-order valence-electron chi connectivity index (χ1n) is 9.05. The molecule has 0 radical (unpaired) electrons. The third-order valence-electron chi connectivity index (χ3n) is 4.10. The molecule has 1 N–H and O–H groups in total. The van der Waals surface area contributed by atoms with Gasteiger partial charge in [-0.1, -0.05) is 6.92 Å². The topological polar surface area (TPSA) is 66.4 Å². The van der Waals surface area contributed by atoms with Crippen LogP contribution in [0.15, 0.2) is 4.99 Å². The minimum absolute atomic E-state index is 0. The number of carbonyl (C=O) groups is 1. The van der Waals surface area contributed by atoms with Crippen molar-refractivity contribution < 1.29 is 14.3 Å². The van der Waals surface area contributed by atoms with Crippen LogP contribution in [-0.2, 0) is 9.47 Å². The Kier molecular flexibility index (Phi) is 11.5. The van der Waals surface area contributed by atoms with Crippen molar-refractivity contribution in [3.8, 4) is 0 Å². The second-order valence-corrected chi connectivity index (χ2v) is 7.95. The van der Waals surface area contributed by atoms with Crippen molar-refractivity contribution >= 4 is 36.0 Å². The molecule has 2 unspecified atom stereocenters. The summed E-state index contributed by atoms with van der Waals surface area (Å²) in [7, 11) is 5.33. The summed E-state index contributed by atoms with van der Waals surface area (Å²) in [5, 5.41) is 3.42. The van der Waals surface area contributed by atoms with E-state index in [1.54, 1.807) is 19.1 Å². The number of ether oxygens (including phenoxy) is 2. The summed E-state index contributed by atoms with van der Waals surface area (Å²) < 4.78 is 10.6. The van der Waals surface area contributed by atoms with Crippen LogP contribution in [0.4, 0.5) is 4.79 Å². The molecule has 0 aliphatic carbocycles. The third kappa shape index (κ3) is 9.25. The Morgan fingerprint density at radius 2 is 2.08 bits per heavy atom. The van der Waals surface area contributed by atoms with Crippen molar-refractivity contribution in [3.63, 3.8) is 0 Å². The van der Waals surface area contributed by atoms with Gasteiger partial charge < -0.3 is 24.6 Å². The van der Waals surface area contributed by atoms with Crippen molar-refractivity contribution in [2.75, 3.05) is 54.0 Å². The largest absolute Gasteiger partial charge is 0.444 e. The zero-order valence-electron chi connectivity index (χ0n) is 17.4. The number of rotatable bonds is 6. The van der Waals surface area contributed by atoms with E-state index in [9.17, 15) is 4.79 Å². The van der Waals surface area contributed by atoms with Crippen molar-refractivity contribution in [1.82, 2.24) is 15.1 Å². The summed E-state index contributed by atoms with van der Waals surface area (Å²) in [5.74, 6) is 1.77. The van der Waals surface area contributed by atoms with E-state index in [0.717, 1.165) is 38.6 Å². The Morgan fingerprint density at radius 1 is 1.42 bits per heavy atom. The molecule has 0 aromatic heterocycles. The van der Waals surface area contributed by atoms with Gasteiger partial charge in [-0.2, -0.15) is 0 Å². The molecule has 0 aromatic carbocycles. The van der Waals surface area contributed by atoms with Crippen LogP contribution in [0.25, 0.3) is 0 Å². The molecule has 0 aromatic rings. The van der Waals surface area contributed by atoms with Crippen LogP contribution in [0.3, 0.4) is 0 Å². The van der Waals surface area contributed by atoms with Crippen molar-refractivity contribution in [2.45, 2.75) is 39.7 Å². The molecule has 26 heavy (non-hydrogen) atoms. The second-order valence-electron chi connectivity index (χ2n) is 7.95. The highest BCUT2D eigenvalue weighted by Gasteiger charge is 2.25. The average molecular weight is 484 g/mol. The fourth-order valence-corrected chi connectivity index (χ4v) is 2.94. The molecule has 2 atom stereocenters. The van der Waals surface area contributed by atoms with Gasteiger partial charge in [-0.05, 0) is 33.1 Å². The number of nitrogens with one attached hydrogen (secondary N) is 1. The van der Waals surface area contributed by atoms with E-state index in [4.69, 9.17) is 9.47 Å². The molecule has 7 nitrogen and oxygen atoms in total. The highest BCUT2D eigenvalue weighted by Crippen LogP contribution is 2.16. The number of nitrogens with zero attached hydrogens (tertiary/aromatic N) is 3. The van der Waals surface area contributed by atoms with Gasteiger partial charge in [-0.3, -0.25) is 4.99 Å². The molecule has 0 saturated carbocycles. The fourth-order valence-electron chi connectivity index (χ4n) is 2.94. The zero-order chi connectivity index (χ0) is 19.0. The van der Waals surface area contributed by atoms with Gasteiger partial charge in [0.05, 0.1) is 6.61 Å². The fraction of sp³-hybridized carbons (Fsp3) is 0.889. The summed E-state index contributed by atoms with van der Waals surface area (Å²) in [6.07, 6.45) is 0.844. The number of guanidine groups is 1. The lowest BCUT2D eigenvalue weighted by molar-refractivity contribution is 0.0278. The van der Waals surface area contributed by atoms with Crippen LogP contribution >= 0.6 is 24.0 Å². The molecule has 1 aliphatic heterocycles. The van der Waals surface area contributed by atoms with Gasteiger partial charge in [0, 0.05) is 53.3 Å². The highest BCUT2D eigenvalue weighted by atomic mass is 127. The lowest BCUT2D eigenvalue weighted by Gasteiger charge is -2.27. The minimum Gasteiger partial charge on any atom is -0.444 e. The van der Waals surface area contributed by atoms with E-state index in [1.807, 2.05) is 27.8 Å². The Bertz CT molecular complexity index is 454. The van der Waals surface area contributed by atoms with Crippen molar-refractivity contribution in [3.05, 3.63) is 0 Å². The molecule has 1 rings (SSSR count). The summed E-state index contributed by atoms with van der Waals surface area (Å²) in [6, 6.07) is 0. The standard InChI is InChI=1S/C18H36N4O3.HI/c1-14(11-21(6)17(23)25-18(2,3)4)10-20-16(19-5)22-9-8-15(12-22)13-24-7;/h14-15H,8-13H2,1-7H3,(H,19,20);1H. The molecule has 8 heteroatoms. The molecule has 154 valence electrons. The number of methoxy groups -OCH3 is 1. The number of hydrogen-bond acceptors (Lipinski definition) is 4. The number of likely N-dealkylation sites (tertiary alicyclic amines) is 1. The zero-order valence-corrected chi connectivity index (χ0v) is 19.7. The smallest absolute Gasteiger partial charge is 0.410 e.